The maximum atomic E-state index is 12.2. The van der Waals surface area contributed by atoms with E-state index in [-0.39, 0.29) is 18.2 Å². The molecule has 1 saturated heterocycles. The number of hydrogen-bond donors (Lipinski definition) is 2. The number of nitrogens with one attached hydrogen (secondary N) is 1. The molecular weight excluding hydrogens is 348 g/mol. The summed E-state index contributed by atoms with van der Waals surface area (Å²) in [7, 11) is 0. The van der Waals surface area contributed by atoms with Crippen molar-refractivity contribution in [3.63, 3.8) is 0 Å². The topological polar surface area (TPSA) is 69.6 Å². The van der Waals surface area contributed by atoms with E-state index in [0.717, 1.165) is 42.6 Å². The zero-order valence-electron chi connectivity index (χ0n) is 12.4. The molecule has 0 atom stereocenters. The largest absolute Gasteiger partial charge is 0.481 e. The summed E-state index contributed by atoms with van der Waals surface area (Å²) in [6.45, 7) is 2.52. The highest BCUT2D eigenvalue weighted by Gasteiger charge is 2.24. The van der Waals surface area contributed by atoms with E-state index in [2.05, 4.69) is 26.1 Å². The van der Waals surface area contributed by atoms with Crippen LogP contribution in [-0.4, -0.2) is 41.5 Å². The first kappa shape index (κ1) is 17.0. The van der Waals surface area contributed by atoms with Crippen molar-refractivity contribution in [3.8, 4) is 0 Å². The standard InChI is InChI=1S/C16H21BrN2O3/c17-13-3-5-14(6-4-13)18-16(22)12-7-10-19(11-8-12)9-1-2-15(20)21/h3-6,12H,1-2,7-11H2,(H,18,22)(H,20,21). The summed E-state index contributed by atoms with van der Waals surface area (Å²) in [4.78, 5) is 25.0. The van der Waals surface area contributed by atoms with Crippen LogP contribution in [0.15, 0.2) is 28.7 Å². The Kier molecular flexibility index (Phi) is 6.39. The first-order valence-electron chi connectivity index (χ1n) is 7.55. The van der Waals surface area contributed by atoms with Crippen molar-refractivity contribution in [1.82, 2.24) is 4.90 Å². The highest BCUT2D eigenvalue weighted by Crippen LogP contribution is 2.20. The van der Waals surface area contributed by atoms with Crippen molar-refractivity contribution in [2.75, 3.05) is 25.0 Å². The van der Waals surface area contributed by atoms with E-state index < -0.39 is 5.97 Å². The van der Waals surface area contributed by atoms with Gasteiger partial charge in [-0.1, -0.05) is 15.9 Å². The van der Waals surface area contributed by atoms with Gasteiger partial charge in [0.1, 0.15) is 0 Å². The Labute approximate surface area is 138 Å². The van der Waals surface area contributed by atoms with Crippen LogP contribution in [0.4, 0.5) is 5.69 Å². The first-order valence-corrected chi connectivity index (χ1v) is 8.34. The van der Waals surface area contributed by atoms with E-state index in [1.165, 1.54) is 0 Å². The second-order valence-corrected chi connectivity index (χ2v) is 6.53. The lowest BCUT2D eigenvalue weighted by Gasteiger charge is -2.31. The number of halogens is 1. The van der Waals surface area contributed by atoms with E-state index in [4.69, 9.17) is 5.11 Å². The molecule has 1 heterocycles. The van der Waals surface area contributed by atoms with Gasteiger partial charge >= 0.3 is 5.97 Å². The average Bonchev–Trinajstić information content (AvgIpc) is 2.50. The van der Waals surface area contributed by atoms with Crippen molar-refractivity contribution < 1.29 is 14.7 Å². The lowest BCUT2D eigenvalue weighted by atomic mass is 9.95. The van der Waals surface area contributed by atoms with E-state index in [9.17, 15) is 9.59 Å². The van der Waals surface area contributed by atoms with Crippen LogP contribution in [0.1, 0.15) is 25.7 Å². The minimum Gasteiger partial charge on any atom is -0.481 e. The molecule has 0 aliphatic carbocycles. The average molecular weight is 369 g/mol. The molecule has 0 unspecified atom stereocenters. The van der Waals surface area contributed by atoms with Gasteiger partial charge in [0.25, 0.3) is 0 Å². The van der Waals surface area contributed by atoms with Crippen molar-refractivity contribution in [3.05, 3.63) is 28.7 Å². The van der Waals surface area contributed by atoms with Crippen molar-refractivity contribution in [2.45, 2.75) is 25.7 Å². The maximum Gasteiger partial charge on any atom is 0.303 e. The third-order valence-electron chi connectivity index (χ3n) is 3.94. The molecule has 22 heavy (non-hydrogen) atoms. The molecule has 2 N–H and O–H groups in total. The Bertz CT molecular complexity index is 511. The van der Waals surface area contributed by atoms with Crippen molar-refractivity contribution in [1.29, 1.82) is 0 Å². The summed E-state index contributed by atoms with van der Waals surface area (Å²) in [5.41, 5.74) is 0.817. The van der Waals surface area contributed by atoms with Crippen LogP contribution in [0.2, 0.25) is 0 Å². The van der Waals surface area contributed by atoms with Crippen LogP contribution in [-0.2, 0) is 9.59 Å². The number of carbonyl (C=O) groups excluding carboxylic acids is 1. The number of aliphatic carboxylic acids is 1. The van der Waals surface area contributed by atoms with Gasteiger partial charge in [-0.05, 0) is 63.2 Å². The third-order valence-corrected chi connectivity index (χ3v) is 4.46. The molecular formula is C16H21BrN2O3. The summed E-state index contributed by atoms with van der Waals surface area (Å²) in [5, 5.41) is 11.6. The molecule has 2 rings (SSSR count). The van der Waals surface area contributed by atoms with Crippen LogP contribution in [0.5, 0.6) is 0 Å². The van der Waals surface area contributed by atoms with Gasteiger partial charge in [-0.2, -0.15) is 0 Å². The van der Waals surface area contributed by atoms with E-state index >= 15 is 0 Å². The summed E-state index contributed by atoms with van der Waals surface area (Å²) in [6.07, 6.45) is 2.54. The van der Waals surface area contributed by atoms with Gasteiger partial charge in [0.2, 0.25) is 5.91 Å². The highest BCUT2D eigenvalue weighted by atomic mass is 79.9. The zero-order chi connectivity index (χ0) is 15.9. The smallest absolute Gasteiger partial charge is 0.303 e. The number of carboxylic acids is 1. The SMILES string of the molecule is O=C(O)CCCN1CCC(C(=O)Nc2ccc(Br)cc2)CC1. The molecule has 1 aromatic carbocycles. The van der Waals surface area contributed by atoms with E-state index in [1.54, 1.807) is 0 Å². The molecule has 1 aliphatic rings. The second-order valence-electron chi connectivity index (χ2n) is 5.61. The molecule has 1 fully saturated rings. The number of hydrogen-bond acceptors (Lipinski definition) is 3. The molecule has 0 radical (unpaired) electrons. The molecule has 1 aliphatic heterocycles. The minimum absolute atomic E-state index is 0.0411. The third kappa shape index (κ3) is 5.42. The molecule has 1 aromatic rings. The number of benzene rings is 1. The fraction of sp³-hybridized carbons (Fsp3) is 0.500. The molecule has 5 nitrogen and oxygen atoms in total. The lowest BCUT2D eigenvalue weighted by molar-refractivity contribution is -0.137. The highest BCUT2D eigenvalue weighted by molar-refractivity contribution is 9.10. The number of carboxylic acid groups (broad SMARTS) is 1. The fourth-order valence-corrected chi connectivity index (χ4v) is 2.91. The predicted octanol–water partition coefficient (Wildman–Crippen LogP) is 2.96. The van der Waals surface area contributed by atoms with Gasteiger partial charge in [-0.3, -0.25) is 9.59 Å². The maximum absolute atomic E-state index is 12.2. The monoisotopic (exact) mass is 368 g/mol. The van der Waals surface area contributed by atoms with Gasteiger partial charge in [-0.15, -0.1) is 0 Å². The van der Waals surface area contributed by atoms with Gasteiger partial charge in [0, 0.05) is 22.5 Å². The quantitative estimate of drug-likeness (QED) is 0.809. The Balaban J connectivity index is 1.72. The molecule has 120 valence electrons. The number of anilines is 1. The Morgan fingerprint density at radius 3 is 2.45 bits per heavy atom. The lowest BCUT2D eigenvalue weighted by Crippen LogP contribution is -2.38. The molecule has 6 heteroatoms. The fourth-order valence-electron chi connectivity index (χ4n) is 2.65. The molecule has 0 saturated carbocycles. The van der Waals surface area contributed by atoms with Crippen molar-refractivity contribution in [2.24, 2.45) is 5.92 Å². The predicted molar refractivity (Wildman–Crippen MR) is 88.8 cm³/mol. The Morgan fingerprint density at radius 2 is 1.86 bits per heavy atom. The first-order chi connectivity index (χ1) is 10.5. The Hall–Kier alpha value is -1.40. The van der Waals surface area contributed by atoms with Gasteiger partial charge < -0.3 is 15.3 Å². The molecule has 1 amide bonds. The number of piperidine rings is 1. The second kappa shape index (κ2) is 8.29. The molecule has 0 bridgehead atoms. The van der Waals surface area contributed by atoms with Gasteiger partial charge in [0.15, 0.2) is 0 Å². The zero-order valence-corrected chi connectivity index (χ0v) is 14.0. The normalized spacial score (nSPS) is 16.4. The van der Waals surface area contributed by atoms with Crippen molar-refractivity contribution >= 4 is 33.5 Å². The summed E-state index contributed by atoms with van der Waals surface area (Å²) in [6, 6.07) is 7.56. The minimum atomic E-state index is -0.747. The summed E-state index contributed by atoms with van der Waals surface area (Å²) < 4.78 is 0.986. The summed E-state index contributed by atoms with van der Waals surface area (Å²) in [5.74, 6) is -0.629. The Morgan fingerprint density at radius 1 is 1.23 bits per heavy atom. The van der Waals surface area contributed by atoms with Crippen LogP contribution >= 0.6 is 15.9 Å². The number of rotatable bonds is 6. The number of amides is 1. The molecule has 0 spiro atoms. The number of likely N-dealkylation sites (tertiary alicyclic amines) is 1. The van der Waals surface area contributed by atoms with Gasteiger partial charge in [-0.25, -0.2) is 0 Å². The summed E-state index contributed by atoms with van der Waals surface area (Å²) >= 11 is 3.37. The number of nitrogens with zero attached hydrogens (tertiary/aromatic N) is 1. The van der Waals surface area contributed by atoms with Gasteiger partial charge in [0.05, 0.1) is 0 Å². The number of carbonyl (C=O) groups is 2. The molecule has 0 aromatic heterocycles. The van der Waals surface area contributed by atoms with Crippen LogP contribution < -0.4 is 5.32 Å². The van der Waals surface area contributed by atoms with Crippen LogP contribution in [0.3, 0.4) is 0 Å². The van der Waals surface area contributed by atoms with Crippen LogP contribution in [0, 0.1) is 5.92 Å². The van der Waals surface area contributed by atoms with Crippen LogP contribution in [0.25, 0.3) is 0 Å². The van der Waals surface area contributed by atoms with E-state index in [1.807, 2.05) is 24.3 Å². The van der Waals surface area contributed by atoms with E-state index in [0.29, 0.717) is 6.42 Å².